The summed E-state index contributed by atoms with van der Waals surface area (Å²) in [7, 11) is 0. The maximum atomic E-state index is 9.30. The first kappa shape index (κ1) is 12.6. The molecule has 1 aromatic carbocycles. The molecule has 1 N–H and O–H groups in total. The van der Waals surface area contributed by atoms with E-state index in [-0.39, 0.29) is 12.6 Å². The molecular weight excluding hydrogens is 214 g/mol. The summed E-state index contributed by atoms with van der Waals surface area (Å²) >= 11 is 0. The van der Waals surface area contributed by atoms with Crippen LogP contribution in [0.25, 0.3) is 0 Å². The molecule has 3 heteroatoms. The standard InChI is InChI=1S/C14H21NO2/c1-2-12-3-5-13(6-4-12)9-15-7-8-17-11-14(15)10-16/h3-6,14,16H,2,7-11H2,1H3. The van der Waals surface area contributed by atoms with Crippen LogP contribution in [0.2, 0.25) is 0 Å². The van der Waals surface area contributed by atoms with Gasteiger partial charge in [-0.2, -0.15) is 0 Å². The zero-order valence-electron chi connectivity index (χ0n) is 10.4. The van der Waals surface area contributed by atoms with Crippen molar-refractivity contribution in [3.8, 4) is 0 Å². The highest BCUT2D eigenvalue weighted by atomic mass is 16.5. The predicted molar refractivity (Wildman–Crippen MR) is 67.9 cm³/mol. The summed E-state index contributed by atoms with van der Waals surface area (Å²) < 4.78 is 5.38. The number of aryl methyl sites for hydroxylation is 1. The van der Waals surface area contributed by atoms with Crippen molar-refractivity contribution in [1.82, 2.24) is 4.90 Å². The van der Waals surface area contributed by atoms with Crippen LogP contribution < -0.4 is 0 Å². The lowest BCUT2D eigenvalue weighted by atomic mass is 10.1. The molecule has 0 aliphatic carbocycles. The Kier molecular flexibility index (Phi) is 4.54. The SMILES string of the molecule is CCc1ccc(CN2CCOCC2CO)cc1. The molecule has 0 amide bonds. The van der Waals surface area contributed by atoms with Crippen LogP contribution in [-0.4, -0.2) is 42.4 Å². The number of ether oxygens (including phenoxy) is 1. The van der Waals surface area contributed by atoms with Crippen molar-refractivity contribution in [3.05, 3.63) is 35.4 Å². The molecule has 1 aromatic rings. The monoisotopic (exact) mass is 235 g/mol. The molecule has 0 bridgehead atoms. The number of hydrogen-bond donors (Lipinski definition) is 1. The third-order valence-electron chi connectivity index (χ3n) is 3.38. The van der Waals surface area contributed by atoms with Gasteiger partial charge in [0.2, 0.25) is 0 Å². The van der Waals surface area contributed by atoms with Crippen LogP contribution in [0, 0.1) is 0 Å². The lowest BCUT2D eigenvalue weighted by molar-refractivity contribution is -0.0312. The Morgan fingerprint density at radius 3 is 2.65 bits per heavy atom. The second-order valence-electron chi connectivity index (χ2n) is 4.55. The predicted octanol–water partition coefficient (Wildman–Crippen LogP) is 1.44. The molecule has 0 aromatic heterocycles. The second-order valence-corrected chi connectivity index (χ2v) is 4.55. The van der Waals surface area contributed by atoms with Gasteiger partial charge >= 0.3 is 0 Å². The lowest BCUT2D eigenvalue weighted by Crippen LogP contribution is -2.46. The Balaban J connectivity index is 1.98. The summed E-state index contributed by atoms with van der Waals surface area (Å²) in [6, 6.07) is 8.88. The quantitative estimate of drug-likeness (QED) is 0.857. The van der Waals surface area contributed by atoms with Crippen LogP contribution in [0.5, 0.6) is 0 Å². The van der Waals surface area contributed by atoms with Crippen LogP contribution in [0.15, 0.2) is 24.3 Å². The van der Waals surface area contributed by atoms with Crippen molar-refractivity contribution in [2.24, 2.45) is 0 Å². The minimum Gasteiger partial charge on any atom is -0.395 e. The molecule has 94 valence electrons. The van der Waals surface area contributed by atoms with E-state index in [1.54, 1.807) is 0 Å². The molecule has 0 radical (unpaired) electrons. The van der Waals surface area contributed by atoms with Gasteiger partial charge in [0, 0.05) is 13.1 Å². The molecule has 1 aliphatic rings. The van der Waals surface area contributed by atoms with Crippen molar-refractivity contribution in [2.45, 2.75) is 25.9 Å². The van der Waals surface area contributed by atoms with E-state index >= 15 is 0 Å². The van der Waals surface area contributed by atoms with Crippen molar-refractivity contribution in [1.29, 1.82) is 0 Å². The minimum absolute atomic E-state index is 0.148. The van der Waals surface area contributed by atoms with Crippen LogP contribution in [0.3, 0.4) is 0 Å². The van der Waals surface area contributed by atoms with Gasteiger partial charge in [-0.25, -0.2) is 0 Å². The molecule has 2 rings (SSSR count). The molecule has 3 nitrogen and oxygen atoms in total. The average Bonchev–Trinajstić information content (AvgIpc) is 2.40. The van der Waals surface area contributed by atoms with E-state index in [1.807, 2.05) is 0 Å². The Hall–Kier alpha value is -0.900. The van der Waals surface area contributed by atoms with Gasteiger partial charge in [-0.15, -0.1) is 0 Å². The summed E-state index contributed by atoms with van der Waals surface area (Å²) in [6.45, 7) is 5.55. The third kappa shape index (κ3) is 3.28. The zero-order chi connectivity index (χ0) is 12.1. The van der Waals surface area contributed by atoms with E-state index in [9.17, 15) is 5.11 Å². The van der Waals surface area contributed by atoms with Crippen LogP contribution >= 0.6 is 0 Å². The number of morpholine rings is 1. The fourth-order valence-corrected chi connectivity index (χ4v) is 2.18. The summed E-state index contributed by atoms with van der Waals surface area (Å²) in [5, 5.41) is 9.30. The maximum Gasteiger partial charge on any atom is 0.0644 e. The largest absolute Gasteiger partial charge is 0.395 e. The molecular formula is C14H21NO2. The van der Waals surface area contributed by atoms with E-state index in [0.717, 1.165) is 26.1 Å². The van der Waals surface area contributed by atoms with E-state index in [1.165, 1.54) is 11.1 Å². The minimum atomic E-state index is 0.148. The molecule has 0 saturated carbocycles. The normalized spacial score (nSPS) is 21.6. The van der Waals surface area contributed by atoms with Gasteiger partial charge in [-0.3, -0.25) is 4.90 Å². The Labute approximate surface area is 103 Å². The molecule has 1 atom stereocenters. The first-order chi connectivity index (χ1) is 8.33. The van der Waals surface area contributed by atoms with Gasteiger partial charge < -0.3 is 9.84 Å². The van der Waals surface area contributed by atoms with E-state index < -0.39 is 0 Å². The van der Waals surface area contributed by atoms with Crippen molar-refractivity contribution in [3.63, 3.8) is 0 Å². The van der Waals surface area contributed by atoms with Crippen molar-refractivity contribution in [2.75, 3.05) is 26.4 Å². The number of aliphatic hydroxyl groups excluding tert-OH is 1. The first-order valence-electron chi connectivity index (χ1n) is 6.34. The molecule has 1 heterocycles. The number of nitrogens with zero attached hydrogens (tertiary/aromatic N) is 1. The summed E-state index contributed by atoms with van der Waals surface area (Å²) in [5.74, 6) is 0. The van der Waals surface area contributed by atoms with Crippen molar-refractivity contribution < 1.29 is 9.84 Å². The van der Waals surface area contributed by atoms with Gasteiger partial charge in [0.15, 0.2) is 0 Å². The fourth-order valence-electron chi connectivity index (χ4n) is 2.18. The van der Waals surface area contributed by atoms with Crippen molar-refractivity contribution >= 4 is 0 Å². The van der Waals surface area contributed by atoms with E-state index in [4.69, 9.17) is 4.74 Å². The van der Waals surface area contributed by atoms with Crippen LogP contribution in [-0.2, 0) is 17.7 Å². The maximum absolute atomic E-state index is 9.30. The Morgan fingerprint density at radius 1 is 1.29 bits per heavy atom. The van der Waals surface area contributed by atoms with Gasteiger partial charge in [-0.05, 0) is 17.5 Å². The molecule has 0 spiro atoms. The molecule has 1 fully saturated rings. The number of rotatable bonds is 4. The number of benzene rings is 1. The van der Waals surface area contributed by atoms with E-state index in [2.05, 4.69) is 36.1 Å². The Bertz CT molecular complexity index is 337. The van der Waals surface area contributed by atoms with Gasteiger partial charge in [0.05, 0.1) is 25.9 Å². The Morgan fingerprint density at radius 2 is 2.00 bits per heavy atom. The average molecular weight is 235 g/mol. The summed E-state index contributed by atoms with van der Waals surface area (Å²) in [6.07, 6.45) is 1.08. The molecule has 1 aliphatic heterocycles. The van der Waals surface area contributed by atoms with E-state index in [0.29, 0.717) is 6.61 Å². The third-order valence-corrected chi connectivity index (χ3v) is 3.38. The van der Waals surface area contributed by atoms with Crippen LogP contribution in [0.1, 0.15) is 18.1 Å². The van der Waals surface area contributed by atoms with Gasteiger partial charge in [0.25, 0.3) is 0 Å². The topological polar surface area (TPSA) is 32.7 Å². The fraction of sp³-hybridized carbons (Fsp3) is 0.571. The smallest absolute Gasteiger partial charge is 0.0644 e. The highest BCUT2D eigenvalue weighted by Gasteiger charge is 2.21. The molecule has 1 unspecified atom stereocenters. The summed E-state index contributed by atoms with van der Waals surface area (Å²) in [4.78, 5) is 2.30. The number of aliphatic hydroxyl groups is 1. The first-order valence-corrected chi connectivity index (χ1v) is 6.34. The van der Waals surface area contributed by atoms with Gasteiger partial charge in [0.1, 0.15) is 0 Å². The summed E-state index contributed by atoms with van der Waals surface area (Å²) in [5.41, 5.74) is 2.68. The van der Waals surface area contributed by atoms with Crippen LogP contribution in [0.4, 0.5) is 0 Å². The molecule has 1 saturated heterocycles. The number of hydrogen-bond acceptors (Lipinski definition) is 3. The van der Waals surface area contributed by atoms with Gasteiger partial charge in [-0.1, -0.05) is 31.2 Å². The highest BCUT2D eigenvalue weighted by molar-refractivity contribution is 5.22. The highest BCUT2D eigenvalue weighted by Crippen LogP contribution is 2.13. The second kappa shape index (κ2) is 6.15. The molecule has 17 heavy (non-hydrogen) atoms. The lowest BCUT2D eigenvalue weighted by Gasteiger charge is -2.34. The zero-order valence-corrected chi connectivity index (χ0v) is 10.4.